The first-order valence-corrected chi connectivity index (χ1v) is 8.06. The molecule has 0 saturated carbocycles. The van der Waals surface area contributed by atoms with E-state index in [4.69, 9.17) is 14.2 Å². The second-order valence-electron chi connectivity index (χ2n) is 6.51. The molecular weight excluding hydrogens is 354 g/mol. The van der Waals surface area contributed by atoms with Crippen molar-refractivity contribution in [3.63, 3.8) is 0 Å². The Morgan fingerprint density at radius 3 is 2.48 bits per heavy atom. The molecule has 0 fully saturated rings. The van der Waals surface area contributed by atoms with Crippen molar-refractivity contribution in [1.29, 1.82) is 0 Å². The summed E-state index contributed by atoms with van der Waals surface area (Å²) in [7, 11) is 2.99. The van der Waals surface area contributed by atoms with E-state index < -0.39 is 16.5 Å². The van der Waals surface area contributed by atoms with Gasteiger partial charge in [-0.05, 0) is 26.8 Å². The van der Waals surface area contributed by atoms with Gasteiger partial charge in [-0.3, -0.25) is 10.1 Å². The maximum absolute atomic E-state index is 12.2. The molecule has 144 valence electrons. The van der Waals surface area contributed by atoms with Gasteiger partial charge in [0.05, 0.1) is 18.1 Å². The monoisotopic (exact) mass is 375 g/mol. The molecule has 0 atom stereocenters. The maximum atomic E-state index is 12.2. The summed E-state index contributed by atoms with van der Waals surface area (Å²) in [5.41, 5.74) is -0.492. The van der Waals surface area contributed by atoms with Gasteiger partial charge in [-0.2, -0.15) is 0 Å². The van der Waals surface area contributed by atoms with E-state index in [1.165, 1.54) is 37.6 Å². The largest absolute Gasteiger partial charge is 0.493 e. The molecule has 9 heteroatoms. The number of esters is 1. The van der Waals surface area contributed by atoms with Crippen LogP contribution in [0.25, 0.3) is 0 Å². The summed E-state index contributed by atoms with van der Waals surface area (Å²) in [5.74, 6) is 0.0808. The highest BCUT2D eigenvalue weighted by Gasteiger charge is 2.21. The molecule has 0 radical (unpaired) electrons. The minimum atomic E-state index is -0.664. The van der Waals surface area contributed by atoms with Crippen LogP contribution in [0.15, 0.2) is 30.5 Å². The zero-order valence-electron chi connectivity index (χ0n) is 15.7. The summed E-state index contributed by atoms with van der Waals surface area (Å²) in [4.78, 5) is 26.9. The Bertz CT molecular complexity index is 861. The molecule has 2 rings (SSSR count). The lowest BCUT2D eigenvalue weighted by atomic mass is 10.2. The minimum absolute atomic E-state index is 0.0581. The van der Waals surface area contributed by atoms with E-state index in [1.807, 2.05) is 0 Å². The Morgan fingerprint density at radius 1 is 1.22 bits per heavy atom. The van der Waals surface area contributed by atoms with Crippen molar-refractivity contribution in [2.45, 2.75) is 26.4 Å². The molecule has 0 aliphatic carbocycles. The van der Waals surface area contributed by atoms with Gasteiger partial charge in [-0.15, -0.1) is 0 Å². The smallest absolute Gasteiger partial charge is 0.357 e. The first kappa shape index (κ1) is 20.0. The highest BCUT2D eigenvalue weighted by Crippen LogP contribution is 2.39. The zero-order chi connectivity index (χ0) is 20.2. The summed E-state index contributed by atoms with van der Waals surface area (Å²) in [6.07, 6.45) is 1.39. The summed E-state index contributed by atoms with van der Waals surface area (Å²) in [6, 6.07) is 5.62. The number of aromatic nitrogens is 1. The SMILES string of the molecule is CNc1cc(OC)c(Oc2ccnc(C(=O)OC(C)(C)C)c2)cc1[N+](=O)[O-]. The van der Waals surface area contributed by atoms with Crippen molar-refractivity contribution in [1.82, 2.24) is 4.98 Å². The molecule has 27 heavy (non-hydrogen) atoms. The van der Waals surface area contributed by atoms with Crippen molar-refractivity contribution in [3.8, 4) is 17.2 Å². The van der Waals surface area contributed by atoms with Crippen LogP contribution >= 0.6 is 0 Å². The van der Waals surface area contributed by atoms with Crippen LogP contribution in [-0.2, 0) is 4.74 Å². The standard InChI is InChI=1S/C18H21N3O6/c1-18(2,3)27-17(22)13-8-11(6-7-20-13)26-16-10-14(21(23)24)12(19-4)9-15(16)25-5/h6-10,19H,1-5H3. The number of nitrogens with one attached hydrogen (secondary N) is 1. The van der Waals surface area contributed by atoms with E-state index in [2.05, 4.69) is 10.3 Å². The van der Waals surface area contributed by atoms with Crippen molar-refractivity contribution >= 4 is 17.3 Å². The summed E-state index contributed by atoms with van der Waals surface area (Å²) < 4.78 is 16.2. The van der Waals surface area contributed by atoms with Crippen LogP contribution < -0.4 is 14.8 Å². The van der Waals surface area contributed by atoms with Crippen molar-refractivity contribution in [2.75, 3.05) is 19.5 Å². The summed E-state index contributed by atoms with van der Waals surface area (Å²) >= 11 is 0. The molecule has 0 unspecified atom stereocenters. The quantitative estimate of drug-likeness (QED) is 0.461. The van der Waals surface area contributed by atoms with Crippen molar-refractivity contribution in [3.05, 3.63) is 46.3 Å². The average molecular weight is 375 g/mol. The van der Waals surface area contributed by atoms with Crippen LogP contribution in [0.1, 0.15) is 31.3 Å². The highest BCUT2D eigenvalue weighted by atomic mass is 16.6. The van der Waals surface area contributed by atoms with E-state index >= 15 is 0 Å². The van der Waals surface area contributed by atoms with Crippen LogP contribution in [-0.4, -0.2) is 35.6 Å². The molecule has 0 aliphatic heterocycles. The molecule has 0 amide bonds. The Kier molecular flexibility index (Phi) is 5.84. The molecule has 9 nitrogen and oxygen atoms in total. The Hall–Kier alpha value is -3.36. The number of nitro benzene ring substituents is 1. The molecule has 1 aromatic carbocycles. The van der Waals surface area contributed by atoms with Gasteiger partial charge in [0.2, 0.25) is 0 Å². The third-order valence-electron chi connectivity index (χ3n) is 3.32. The van der Waals surface area contributed by atoms with E-state index in [0.29, 0.717) is 5.75 Å². The minimum Gasteiger partial charge on any atom is -0.493 e. The number of carbonyl (C=O) groups excluding carboxylic acids is 1. The number of pyridine rings is 1. The van der Waals surface area contributed by atoms with Gasteiger partial charge in [-0.25, -0.2) is 9.78 Å². The Labute approximate surface area is 156 Å². The fourth-order valence-electron chi connectivity index (χ4n) is 2.18. The number of anilines is 1. The molecule has 0 bridgehead atoms. The lowest BCUT2D eigenvalue weighted by molar-refractivity contribution is -0.384. The topological polar surface area (TPSA) is 113 Å². The first-order chi connectivity index (χ1) is 12.6. The number of nitrogens with zero attached hydrogens (tertiary/aromatic N) is 2. The molecule has 0 saturated heterocycles. The molecule has 1 aromatic heterocycles. The number of methoxy groups -OCH3 is 1. The van der Waals surface area contributed by atoms with Gasteiger partial charge >= 0.3 is 5.97 Å². The predicted octanol–water partition coefficient (Wildman–Crippen LogP) is 3.79. The van der Waals surface area contributed by atoms with E-state index in [-0.39, 0.29) is 28.6 Å². The van der Waals surface area contributed by atoms with Crippen molar-refractivity contribution in [2.24, 2.45) is 0 Å². The number of ether oxygens (including phenoxy) is 3. The fraction of sp³-hybridized carbons (Fsp3) is 0.333. The first-order valence-electron chi connectivity index (χ1n) is 8.06. The van der Waals surface area contributed by atoms with Crippen LogP contribution in [0.4, 0.5) is 11.4 Å². The Balaban J connectivity index is 2.37. The number of hydrogen-bond donors (Lipinski definition) is 1. The summed E-state index contributed by atoms with van der Waals surface area (Å²) in [5, 5.41) is 14.0. The van der Waals surface area contributed by atoms with E-state index in [9.17, 15) is 14.9 Å². The number of rotatable bonds is 6. The zero-order valence-corrected chi connectivity index (χ0v) is 15.7. The second kappa shape index (κ2) is 7.90. The second-order valence-corrected chi connectivity index (χ2v) is 6.51. The van der Waals surface area contributed by atoms with Gasteiger partial charge in [-0.1, -0.05) is 0 Å². The Morgan fingerprint density at radius 2 is 1.93 bits per heavy atom. The average Bonchev–Trinajstić information content (AvgIpc) is 2.60. The number of benzene rings is 1. The molecule has 1 heterocycles. The van der Waals surface area contributed by atoms with Crippen LogP contribution in [0, 0.1) is 10.1 Å². The van der Waals surface area contributed by atoms with Gasteiger partial charge in [0.1, 0.15) is 17.0 Å². The maximum Gasteiger partial charge on any atom is 0.357 e. The fourth-order valence-corrected chi connectivity index (χ4v) is 2.18. The number of carbonyl (C=O) groups is 1. The third kappa shape index (κ3) is 5.06. The number of hydrogen-bond acceptors (Lipinski definition) is 8. The molecule has 1 N–H and O–H groups in total. The van der Waals surface area contributed by atoms with Crippen LogP contribution in [0.5, 0.6) is 17.2 Å². The lowest BCUT2D eigenvalue weighted by Gasteiger charge is -2.19. The highest BCUT2D eigenvalue weighted by molar-refractivity contribution is 5.88. The van der Waals surface area contributed by atoms with E-state index in [0.717, 1.165) is 0 Å². The lowest BCUT2D eigenvalue weighted by Crippen LogP contribution is -2.24. The molecule has 0 aliphatic rings. The number of nitro groups is 1. The molecule has 0 spiro atoms. The molecular formula is C18H21N3O6. The van der Waals surface area contributed by atoms with Crippen LogP contribution in [0.2, 0.25) is 0 Å². The van der Waals surface area contributed by atoms with Gasteiger partial charge in [0.15, 0.2) is 17.2 Å². The van der Waals surface area contributed by atoms with Crippen molar-refractivity contribution < 1.29 is 23.9 Å². The predicted molar refractivity (Wildman–Crippen MR) is 98.7 cm³/mol. The molecule has 2 aromatic rings. The van der Waals surface area contributed by atoms with Gasteiger partial charge in [0, 0.05) is 25.4 Å². The van der Waals surface area contributed by atoms with Gasteiger partial charge < -0.3 is 19.5 Å². The van der Waals surface area contributed by atoms with Gasteiger partial charge in [0.25, 0.3) is 5.69 Å². The summed E-state index contributed by atoms with van der Waals surface area (Å²) in [6.45, 7) is 5.25. The van der Waals surface area contributed by atoms with Crippen LogP contribution in [0.3, 0.4) is 0 Å². The third-order valence-corrected chi connectivity index (χ3v) is 3.32. The normalized spacial score (nSPS) is 10.9. The van der Waals surface area contributed by atoms with E-state index in [1.54, 1.807) is 27.8 Å².